The Kier molecular flexibility index (Phi) is 3.79. The average molecular weight is 261 g/mol. The highest BCUT2D eigenvalue weighted by Gasteiger charge is 2.12. The number of hydrogen-bond acceptors (Lipinski definition) is 4. The van der Waals surface area contributed by atoms with Crippen LogP contribution in [0.3, 0.4) is 0 Å². The molecule has 100 valence electrons. The third kappa shape index (κ3) is 2.73. The summed E-state index contributed by atoms with van der Waals surface area (Å²) in [6.07, 6.45) is 8.10. The SMILES string of the molecule is CCCCn1c(O)c(C=C2C=CC=N2)c(=O)[nH]c1=O. The summed E-state index contributed by atoms with van der Waals surface area (Å²) in [5, 5.41) is 10.1. The van der Waals surface area contributed by atoms with Crippen LogP contribution in [0.5, 0.6) is 5.88 Å². The third-order valence-corrected chi connectivity index (χ3v) is 2.81. The molecule has 0 amide bonds. The Bertz CT molecular complexity index is 663. The van der Waals surface area contributed by atoms with Crippen LogP contribution >= 0.6 is 0 Å². The maximum absolute atomic E-state index is 11.7. The van der Waals surface area contributed by atoms with E-state index in [1.165, 1.54) is 10.6 Å². The number of aromatic hydroxyl groups is 1. The van der Waals surface area contributed by atoms with Gasteiger partial charge >= 0.3 is 5.69 Å². The molecule has 0 saturated carbocycles. The number of aromatic amines is 1. The zero-order valence-corrected chi connectivity index (χ0v) is 10.6. The van der Waals surface area contributed by atoms with Crippen LogP contribution in [0, 0.1) is 0 Å². The Morgan fingerprint density at radius 2 is 2.26 bits per heavy atom. The highest BCUT2D eigenvalue weighted by atomic mass is 16.3. The summed E-state index contributed by atoms with van der Waals surface area (Å²) in [7, 11) is 0. The highest BCUT2D eigenvalue weighted by Crippen LogP contribution is 2.16. The van der Waals surface area contributed by atoms with E-state index in [0.717, 1.165) is 12.8 Å². The fourth-order valence-electron chi connectivity index (χ4n) is 1.78. The van der Waals surface area contributed by atoms with E-state index in [1.807, 2.05) is 6.92 Å². The zero-order valence-electron chi connectivity index (χ0n) is 10.6. The summed E-state index contributed by atoms with van der Waals surface area (Å²) in [6, 6.07) is 0. The maximum atomic E-state index is 11.7. The first kappa shape index (κ1) is 13.1. The minimum Gasteiger partial charge on any atom is -0.494 e. The second-order valence-corrected chi connectivity index (χ2v) is 4.21. The van der Waals surface area contributed by atoms with Crippen molar-refractivity contribution in [3.63, 3.8) is 0 Å². The number of allylic oxidation sites excluding steroid dienone is 2. The van der Waals surface area contributed by atoms with E-state index in [9.17, 15) is 14.7 Å². The van der Waals surface area contributed by atoms with Crippen molar-refractivity contribution in [2.75, 3.05) is 0 Å². The number of aliphatic imine (C=N–C) groups is 1. The largest absolute Gasteiger partial charge is 0.494 e. The van der Waals surface area contributed by atoms with Crippen LogP contribution in [-0.2, 0) is 6.54 Å². The lowest BCUT2D eigenvalue weighted by atomic mass is 10.2. The fraction of sp³-hybridized carbons (Fsp3) is 0.308. The Labute approximate surface area is 109 Å². The molecule has 6 nitrogen and oxygen atoms in total. The van der Waals surface area contributed by atoms with Crippen molar-refractivity contribution in [1.82, 2.24) is 9.55 Å². The second kappa shape index (κ2) is 5.51. The van der Waals surface area contributed by atoms with Crippen LogP contribution in [0.2, 0.25) is 0 Å². The van der Waals surface area contributed by atoms with Crippen LogP contribution < -0.4 is 11.2 Å². The van der Waals surface area contributed by atoms with Gasteiger partial charge in [0.2, 0.25) is 5.88 Å². The molecule has 19 heavy (non-hydrogen) atoms. The molecule has 0 spiro atoms. The predicted molar refractivity (Wildman–Crippen MR) is 73.5 cm³/mol. The molecule has 2 rings (SSSR count). The van der Waals surface area contributed by atoms with Crippen LogP contribution in [-0.4, -0.2) is 20.9 Å². The first-order valence-corrected chi connectivity index (χ1v) is 6.12. The lowest BCUT2D eigenvalue weighted by Crippen LogP contribution is -2.31. The summed E-state index contributed by atoms with van der Waals surface area (Å²) in [5.41, 5.74) is -0.599. The second-order valence-electron chi connectivity index (χ2n) is 4.21. The van der Waals surface area contributed by atoms with Gasteiger partial charge in [-0.3, -0.25) is 19.3 Å². The van der Waals surface area contributed by atoms with Crippen LogP contribution in [0.4, 0.5) is 0 Å². The Balaban J connectivity index is 2.52. The molecule has 0 atom stereocenters. The van der Waals surface area contributed by atoms with Crippen LogP contribution in [0.1, 0.15) is 25.3 Å². The van der Waals surface area contributed by atoms with Crippen LogP contribution in [0.25, 0.3) is 6.08 Å². The molecule has 2 heterocycles. The average Bonchev–Trinajstić information content (AvgIpc) is 2.87. The van der Waals surface area contributed by atoms with E-state index in [4.69, 9.17) is 0 Å². The van der Waals surface area contributed by atoms with Gasteiger partial charge < -0.3 is 5.11 Å². The molecule has 0 saturated heterocycles. The smallest absolute Gasteiger partial charge is 0.331 e. The number of hydrogen-bond donors (Lipinski definition) is 2. The van der Waals surface area contributed by atoms with Crippen molar-refractivity contribution < 1.29 is 5.11 Å². The molecule has 0 radical (unpaired) electrons. The number of nitrogens with zero attached hydrogens (tertiary/aromatic N) is 2. The van der Waals surface area contributed by atoms with E-state index in [1.54, 1.807) is 18.4 Å². The predicted octanol–water partition coefficient (Wildman–Crippen LogP) is 1.02. The molecule has 0 bridgehead atoms. The van der Waals surface area contributed by atoms with Crippen molar-refractivity contribution in [2.45, 2.75) is 26.3 Å². The first-order valence-electron chi connectivity index (χ1n) is 6.12. The fourth-order valence-corrected chi connectivity index (χ4v) is 1.78. The zero-order chi connectivity index (χ0) is 13.8. The van der Waals surface area contributed by atoms with Crippen molar-refractivity contribution in [3.05, 3.63) is 44.3 Å². The van der Waals surface area contributed by atoms with Gasteiger partial charge in [0.1, 0.15) is 5.56 Å². The molecule has 1 aromatic rings. The molecule has 0 aromatic carbocycles. The normalized spacial score (nSPS) is 15.5. The lowest BCUT2D eigenvalue weighted by Gasteiger charge is -2.08. The summed E-state index contributed by atoms with van der Waals surface area (Å²) < 4.78 is 1.17. The van der Waals surface area contributed by atoms with Crippen molar-refractivity contribution in [3.8, 4) is 5.88 Å². The molecule has 1 aliphatic heterocycles. The Hall–Kier alpha value is -2.37. The van der Waals surface area contributed by atoms with Gasteiger partial charge in [-0.15, -0.1) is 0 Å². The summed E-state index contributed by atoms with van der Waals surface area (Å²) >= 11 is 0. The molecule has 2 N–H and O–H groups in total. The number of nitrogens with one attached hydrogen (secondary N) is 1. The van der Waals surface area contributed by atoms with Crippen molar-refractivity contribution in [2.24, 2.45) is 4.99 Å². The topological polar surface area (TPSA) is 87.4 Å². The van der Waals surface area contributed by atoms with Crippen molar-refractivity contribution in [1.29, 1.82) is 0 Å². The van der Waals surface area contributed by atoms with Crippen molar-refractivity contribution >= 4 is 12.3 Å². The van der Waals surface area contributed by atoms with E-state index >= 15 is 0 Å². The van der Waals surface area contributed by atoms with Gasteiger partial charge in [0, 0.05) is 12.8 Å². The molecule has 1 aromatic heterocycles. The number of unbranched alkanes of at least 4 members (excludes halogenated alkanes) is 1. The van der Waals surface area contributed by atoms with E-state index in [-0.39, 0.29) is 11.4 Å². The molecule has 0 fully saturated rings. The molecular weight excluding hydrogens is 246 g/mol. The number of rotatable bonds is 4. The lowest BCUT2D eigenvalue weighted by molar-refractivity contribution is 0.394. The summed E-state index contributed by atoms with van der Waals surface area (Å²) in [4.78, 5) is 29.6. The maximum Gasteiger partial charge on any atom is 0.331 e. The highest BCUT2D eigenvalue weighted by molar-refractivity contribution is 5.79. The standard InChI is InChI=1S/C13H15N3O3/c1-2-3-7-16-12(18)10(11(17)15-13(16)19)8-9-5-4-6-14-9/h4-6,8,18H,2-3,7H2,1H3,(H,15,17,19). The molecule has 6 heteroatoms. The van der Waals surface area contributed by atoms with Gasteiger partial charge in [0.15, 0.2) is 0 Å². The Morgan fingerprint density at radius 1 is 1.47 bits per heavy atom. The van der Waals surface area contributed by atoms with Gasteiger partial charge in [-0.2, -0.15) is 0 Å². The van der Waals surface area contributed by atoms with Gasteiger partial charge in [-0.05, 0) is 24.6 Å². The Morgan fingerprint density at radius 3 is 2.89 bits per heavy atom. The van der Waals surface area contributed by atoms with E-state index in [0.29, 0.717) is 12.2 Å². The van der Waals surface area contributed by atoms with E-state index < -0.39 is 11.2 Å². The minimum absolute atomic E-state index is 0.0504. The molecule has 0 unspecified atom stereocenters. The quantitative estimate of drug-likeness (QED) is 0.848. The van der Waals surface area contributed by atoms with E-state index in [2.05, 4.69) is 9.98 Å². The van der Waals surface area contributed by atoms with Gasteiger partial charge in [0.25, 0.3) is 5.56 Å². The molecular formula is C13H15N3O3. The third-order valence-electron chi connectivity index (χ3n) is 2.81. The molecule has 0 aliphatic carbocycles. The monoisotopic (exact) mass is 261 g/mol. The summed E-state index contributed by atoms with van der Waals surface area (Å²) in [5.74, 6) is -0.315. The van der Waals surface area contributed by atoms with Gasteiger partial charge in [-0.25, -0.2) is 4.79 Å². The summed E-state index contributed by atoms with van der Waals surface area (Å²) in [6.45, 7) is 2.35. The number of aromatic nitrogens is 2. The minimum atomic E-state index is -0.613. The molecule has 1 aliphatic rings. The van der Waals surface area contributed by atoms with Crippen LogP contribution in [0.15, 0.2) is 32.4 Å². The van der Waals surface area contributed by atoms with Gasteiger partial charge in [-0.1, -0.05) is 13.3 Å². The first-order chi connectivity index (χ1) is 9.13. The van der Waals surface area contributed by atoms with Gasteiger partial charge in [0.05, 0.1) is 5.70 Å². The number of H-pyrrole nitrogens is 1.